The van der Waals surface area contributed by atoms with Crippen LogP contribution in [0.4, 0.5) is 0 Å². The van der Waals surface area contributed by atoms with Gasteiger partial charge < -0.3 is 48.6 Å². The summed E-state index contributed by atoms with van der Waals surface area (Å²) in [7, 11) is 6.10. The van der Waals surface area contributed by atoms with Gasteiger partial charge in [0.2, 0.25) is 5.79 Å². The number of hydrogen-bond acceptors (Lipinski definition) is 14. The molecule has 406 valence electrons. The number of rotatable bonds is 8. The van der Waals surface area contributed by atoms with Gasteiger partial charge >= 0.3 is 5.97 Å². The number of methoxy groups -OCH3 is 4. The van der Waals surface area contributed by atoms with Crippen LogP contribution < -0.4 is 9.47 Å². The predicted molar refractivity (Wildman–Crippen MR) is 277 cm³/mol. The first-order valence-electron chi connectivity index (χ1n) is 26.5. The van der Waals surface area contributed by atoms with Crippen LogP contribution in [0.2, 0.25) is 0 Å². The number of ketones is 3. The van der Waals surface area contributed by atoms with E-state index < -0.39 is 77.8 Å². The molecular formula is C58H85NO14. The largest absolute Gasteiger partial charge is 0.497 e. The van der Waals surface area contributed by atoms with E-state index in [4.69, 9.17) is 28.4 Å². The highest BCUT2D eigenvalue weighted by molar-refractivity contribution is 6.39. The van der Waals surface area contributed by atoms with Crippen LogP contribution in [-0.2, 0) is 42.9 Å². The topological polar surface area (TPSA) is 205 Å². The highest BCUT2D eigenvalue weighted by Crippen LogP contribution is 2.43. The van der Waals surface area contributed by atoms with E-state index in [-0.39, 0.29) is 60.7 Å². The molecule has 15 atom stereocenters. The minimum atomic E-state index is -2.49. The number of amides is 1. The maximum Gasteiger partial charge on any atom is 0.329 e. The van der Waals surface area contributed by atoms with Crippen LogP contribution in [0.3, 0.4) is 0 Å². The Morgan fingerprint density at radius 1 is 0.836 bits per heavy atom. The van der Waals surface area contributed by atoms with Gasteiger partial charge in [0.05, 0.1) is 32.5 Å². The number of allylic oxidation sites excluding steroid dienone is 7. The summed E-state index contributed by atoms with van der Waals surface area (Å²) >= 11 is 0. The fourth-order valence-corrected chi connectivity index (χ4v) is 11.3. The zero-order chi connectivity index (χ0) is 53.7. The summed E-state index contributed by atoms with van der Waals surface area (Å²) in [4.78, 5) is 72.9. The van der Waals surface area contributed by atoms with E-state index in [0.29, 0.717) is 81.3 Å². The summed E-state index contributed by atoms with van der Waals surface area (Å²) in [6.07, 6.45) is 11.4. The Morgan fingerprint density at radius 2 is 1.58 bits per heavy atom. The number of cyclic esters (lactones) is 1. The number of aliphatic hydroxyl groups is 3. The van der Waals surface area contributed by atoms with Crippen LogP contribution in [0.25, 0.3) is 0 Å². The number of piperidine rings is 1. The summed E-state index contributed by atoms with van der Waals surface area (Å²) in [5.41, 5.74) is 2.14. The first kappa shape index (κ1) is 59.4. The molecule has 0 radical (unpaired) electrons. The van der Waals surface area contributed by atoms with Crippen LogP contribution >= 0.6 is 0 Å². The van der Waals surface area contributed by atoms with Gasteiger partial charge in [0, 0.05) is 62.5 Å². The number of esters is 1. The fraction of sp³-hybridized carbons (Fsp3) is 0.672. The number of benzene rings is 1. The van der Waals surface area contributed by atoms with Crippen molar-refractivity contribution in [3.05, 3.63) is 71.4 Å². The molecule has 3 fully saturated rings. The molecule has 0 aromatic heterocycles. The Kier molecular flexibility index (Phi) is 22.2. The van der Waals surface area contributed by atoms with Crippen molar-refractivity contribution >= 4 is 29.2 Å². The molecule has 1 amide bonds. The smallest absolute Gasteiger partial charge is 0.329 e. The lowest BCUT2D eigenvalue weighted by Crippen LogP contribution is -2.60. The lowest BCUT2D eigenvalue weighted by Gasteiger charge is -2.43. The first-order valence-corrected chi connectivity index (χ1v) is 26.5. The van der Waals surface area contributed by atoms with E-state index in [9.17, 15) is 39.3 Å². The molecule has 73 heavy (non-hydrogen) atoms. The van der Waals surface area contributed by atoms with E-state index in [1.165, 1.54) is 12.0 Å². The number of fused-ring (bicyclic) bond motifs is 3. The van der Waals surface area contributed by atoms with E-state index in [1.807, 2.05) is 70.2 Å². The average molecular weight is 1020 g/mol. The van der Waals surface area contributed by atoms with Crippen molar-refractivity contribution in [2.45, 2.75) is 180 Å². The van der Waals surface area contributed by atoms with Gasteiger partial charge in [-0.2, -0.15) is 0 Å². The molecule has 3 heterocycles. The third kappa shape index (κ3) is 15.1. The number of Topliss-reactive ketones (excluding diaryl/α,β-unsaturated/α-hetero) is 3. The molecule has 15 nitrogen and oxygen atoms in total. The number of carbonyl (C=O) groups excluding carboxylic acids is 5. The highest BCUT2D eigenvalue weighted by Gasteiger charge is 2.53. The van der Waals surface area contributed by atoms with Crippen molar-refractivity contribution in [3.63, 3.8) is 0 Å². The highest BCUT2D eigenvalue weighted by atomic mass is 16.6. The molecule has 15 heteroatoms. The number of nitrogens with zero attached hydrogens (tertiary/aromatic N) is 1. The zero-order valence-electron chi connectivity index (χ0n) is 45.3. The normalized spacial score (nSPS) is 37.2. The molecule has 4 aliphatic rings. The second-order valence-corrected chi connectivity index (χ2v) is 21.5. The van der Waals surface area contributed by atoms with Crippen LogP contribution in [0.1, 0.15) is 137 Å². The van der Waals surface area contributed by atoms with Crippen molar-refractivity contribution in [3.8, 4) is 11.5 Å². The summed E-state index contributed by atoms with van der Waals surface area (Å²) in [5.74, 6) is -7.37. The van der Waals surface area contributed by atoms with Crippen molar-refractivity contribution in [2.24, 2.45) is 35.5 Å². The van der Waals surface area contributed by atoms with Crippen molar-refractivity contribution in [2.75, 3.05) is 35.0 Å². The summed E-state index contributed by atoms with van der Waals surface area (Å²) in [6.45, 7) is 12.8. The van der Waals surface area contributed by atoms with Gasteiger partial charge in [-0.15, -0.1) is 0 Å². The van der Waals surface area contributed by atoms with Gasteiger partial charge in [0.15, 0.2) is 5.78 Å². The average Bonchev–Trinajstić information content (AvgIpc) is 3.38. The SMILES string of the molecule is COc1ccc([C@H]2C[C@@H]3CC[C@@H](C)[C@@](O)(O3)C(=O)C(=O)N3CCCC[C@H]3C(=O)O[C@H]([C@H](C)C[C@@H]3CC[C@@H](O)[C@H](OC)C3)CC(=O)[C@H](C)/C=C(\C)[C@@H](O)[C@@H](OC)C(=O)[C@H](C)C[C@H](C)/C=C/C=C/C=C/2C)c(OC)c1. The Labute approximate surface area is 433 Å². The maximum absolute atomic E-state index is 14.6. The molecule has 1 aromatic carbocycles. The number of aliphatic hydroxyl groups excluding tert-OH is 2. The molecule has 1 aliphatic carbocycles. The van der Waals surface area contributed by atoms with Crippen molar-refractivity contribution in [1.82, 2.24) is 4.90 Å². The number of ether oxygens (including phenoxy) is 6. The second kappa shape index (κ2) is 27.3. The lowest BCUT2D eigenvalue weighted by molar-refractivity contribution is -0.264. The molecule has 2 bridgehead atoms. The molecule has 0 unspecified atom stereocenters. The van der Waals surface area contributed by atoms with E-state index >= 15 is 0 Å². The lowest BCUT2D eigenvalue weighted by atomic mass is 9.78. The van der Waals surface area contributed by atoms with Gasteiger partial charge in [0.25, 0.3) is 11.7 Å². The van der Waals surface area contributed by atoms with Crippen LogP contribution in [0.15, 0.2) is 65.8 Å². The Balaban J connectivity index is 1.53. The van der Waals surface area contributed by atoms with Crippen molar-refractivity contribution < 1.29 is 67.7 Å². The third-order valence-electron chi connectivity index (χ3n) is 16.1. The predicted octanol–water partition coefficient (Wildman–Crippen LogP) is 7.97. The van der Waals surface area contributed by atoms with Crippen LogP contribution in [0.5, 0.6) is 11.5 Å². The van der Waals surface area contributed by atoms with E-state index in [2.05, 4.69) is 0 Å². The van der Waals surface area contributed by atoms with Gasteiger partial charge in [-0.05, 0) is 114 Å². The molecular weight excluding hydrogens is 935 g/mol. The summed E-state index contributed by atoms with van der Waals surface area (Å²) < 4.78 is 35.3. The van der Waals surface area contributed by atoms with E-state index in [0.717, 1.165) is 11.1 Å². The number of carbonyl (C=O) groups is 5. The Morgan fingerprint density at radius 3 is 2.26 bits per heavy atom. The molecule has 3 aliphatic heterocycles. The fourth-order valence-electron chi connectivity index (χ4n) is 11.3. The summed E-state index contributed by atoms with van der Waals surface area (Å²) in [5, 5.41) is 34.4. The first-order chi connectivity index (χ1) is 34.7. The third-order valence-corrected chi connectivity index (χ3v) is 16.1. The van der Waals surface area contributed by atoms with Gasteiger partial charge in [-0.3, -0.25) is 19.2 Å². The minimum absolute atomic E-state index is 0.0135. The van der Waals surface area contributed by atoms with E-state index in [1.54, 1.807) is 54.2 Å². The van der Waals surface area contributed by atoms with Gasteiger partial charge in [-0.1, -0.05) is 82.7 Å². The van der Waals surface area contributed by atoms with Crippen molar-refractivity contribution in [1.29, 1.82) is 0 Å². The quantitative estimate of drug-likeness (QED) is 0.128. The number of hydrogen-bond donors (Lipinski definition) is 3. The van der Waals surface area contributed by atoms with Gasteiger partial charge in [-0.25, -0.2) is 4.79 Å². The minimum Gasteiger partial charge on any atom is -0.497 e. The molecule has 0 spiro atoms. The molecule has 3 N–H and O–H groups in total. The maximum atomic E-state index is 14.6. The molecule has 2 saturated heterocycles. The Bertz CT molecular complexity index is 2180. The standard InChI is InChI=1S/C58H85NO14/c1-34-17-13-12-14-18-35(2)45(44-24-23-42(68-8)32-50(44)69-9)31-43-22-20-40(7)58(67,73-43)55(64)56(65)59-26-16-15-19-46(59)57(66)72-49(37(4)29-41-21-25-47(60)51(30-41)70-10)33-48(61)36(3)28-39(6)53(63)54(71-11)52(62)38(5)27-34/h12-14,17-18,23-24,28,32,34,36-38,40-41,43,45-47,49,51,53-54,60,63,67H,15-16,19-22,25-27,29-31,33H2,1-11H3/b14-12+,17-13+,35-18+,39-28+/t34-,36-,37-,38-,40-,41+,43+,45+,46+,47-,49+,51-,53-,54+,58-/m1/s1. The molecule has 1 saturated carbocycles. The van der Waals surface area contributed by atoms with Crippen LogP contribution in [-0.4, -0.2) is 133 Å². The Hall–Kier alpha value is -4.51. The van der Waals surface area contributed by atoms with Gasteiger partial charge in [0.1, 0.15) is 41.6 Å². The monoisotopic (exact) mass is 1020 g/mol. The zero-order valence-corrected chi connectivity index (χ0v) is 45.3. The summed E-state index contributed by atoms with van der Waals surface area (Å²) in [6, 6.07) is 4.39. The van der Waals surface area contributed by atoms with Crippen LogP contribution in [0, 0.1) is 35.5 Å². The molecule has 1 aromatic rings. The molecule has 5 rings (SSSR count). The second-order valence-electron chi connectivity index (χ2n) is 21.5.